The number of amides is 1. The van der Waals surface area contributed by atoms with E-state index in [9.17, 15) is 9.18 Å². The van der Waals surface area contributed by atoms with Crippen LogP contribution in [-0.2, 0) is 11.3 Å². The molecule has 2 aromatic carbocycles. The Hall–Kier alpha value is -3.46. The predicted octanol–water partition coefficient (Wildman–Crippen LogP) is 3.40. The largest absolute Gasteiger partial charge is 0.360 e. The van der Waals surface area contributed by atoms with Gasteiger partial charge in [-0.25, -0.2) is 9.37 Å². The van der Waals surface area contributed by atoms with Crippen LogP contribution in [0, 0.1) is 24.1 Å². The van der Waals surface area contributed by atoms with Gasteiger partial charge in [-0.15, -0.1) is 0 Å². The quantitative estimate of drug-likeness (QED) is 0.705. The van der Waals surface area contributed by atoms with Crippen molar-refractivity contribution in [3.63, 3.8) is 0 Å². The molecule has 0 radical (unpaired) electrons. The molecule has 0 atom stereocenters. The lowest BCUT2D eigenvalue weighted by molar-refractivity contribution is -0.131. The number of nitrogens with zero attached hydrogens (tertiary/aromatic N) is 4. The fraction of sp³-hybridized carbons (Fsp3) is 0.227. The fourth-order valence-electron chi connectivity index (χ4n) is 3.57. The topological polar surface area (TPSA) is 60.2 Å². The number of aromatic nitrogens is 1. The van der Waals surface area contributed by atoms with Crippen molar-refractivity contribution in [1.29, 1.82) is 5.26 Å². The van der Waals surface area contributed by atoms with Gasteiger partial charge < -0.3 is 9.80 Å². The number of pyridine rings is 1. The zero-order valence-electron chi connectivity index (χ0n) is 15.5. The number of halogens is 1. The number of anilines is 1. The molecule has 5 nitrogen and oxygen atoms in total. The second-order valence-electron chi connectivity index (χ2n) is 6.96. The van der Waals surface area contributed by atoms with Crippen molar-refractivity contribution in [2.75, 3.05) is 24.5 Å². The van der Waals surface area contributed by atoms with Crippen LogP contribution in [0.3, 0.4) is 0 Å². The van der Waals surface area contributed by atoms with E-state index in [1.54, 1.807) is 18.2 Å². The molecule has 0 N–H and O–H groups in total. The van der Waals surface area contributed by atoms with Crippen molar-refractivity contribution in [3.05, 3.63) is 71.2 Å². The monoisotopic (exact) mass is 374 g/mol. The van der Waals surface area contributed by atoms with E-state index in [1.807, 2.05) is 41.0 Å². The number of aryl methyl sites for hydroxylation is 1. The van der Waals surface area contributed by atoms with Crippen LogP contribution < -0.4 is 4.90 Å². The molecule has 3 aromatic rings. The third kappa shape index (κ3) is 3.39. The van der Waals surface area contributed by atoms with Crippen LogP contribution in [0.2, 0.25) is 0 Å². The predicted molar refractivity (Wildman–Crippen MR) is 105 cm³/mol. The van der Waals surface area contributed by atoms with Crippen LogP contribution in [0.1, 0.15) is 16.8 Å². The molecule has 0 spiro atoms. The Labute approximate surface area is 162 Å². The molecule has 1 aliphatic rings. The maximum atomic E-state index is 14.2. The molecule has 1 saturated heterocycles. The minimum atomic E-state index is -0.353. The Morgan fingerprint density at radius 3 is 2.68 bits per heavy atom. The molecule has 4 rings (SSSR count). The van der Waals surface area contributed by atoms with E-state index in [1.165, 1.54) is 6.07 Å². The van der Waals surface area contributed by atoms with E-state index in [0.717, 1.165) is 22.3 Å². The van der Waals surface area contributed by atoms with E-state index < -0.39 is 0 Å². The van der Waals surface area contributed by atoms with E-state index in [0.29, 0.717) is 30.7 Å². The summed E-state index contributed by atoms with van der Waals surface area (Å²) in [7, 11) is 0. The maximum Gasteiger partial charge on any atom is 0.242 e. The first kappa shape index (κ1) is 17.9. The lowest BCUT2D eigenvalue weighted by atomic mass is 10.1. The molecule has 1 fully saturated rings. The van der Waals surface area contributed by atoms with Crippen LogP contribution in [0.5, 0.6) is 0 Å². The summed E-state index contributed by atoms with van der Waals surface area (Å²) in [5, 5.41) is 9.61. The van der Waals surface area contributed by atoms with E-state index >= 15 is 0 Å². The number of nitriles is 1. The summed E-state index contributed by atoms with van der Waals surface area (Å²) in [6.45, 7) is 3.83. The van der Waals surface area contributed by atoms with Crippen molar-refractivity contribution in [3.8, 4) is 6.07 Å². The Bertz CT molecular complexity index is 1090. The Kier molecular flexibility index (Phi) is 4.66. The average Bonchev–Trinajstić information content (AvgIpc) is 2.70. The highest BCUT2D eigenvalue weighted by atomic mass is 19.1. The van der Waals surface area contributed by atoms with Crippen molar-refractivity contribution in [1.82, 2.24) is 9.88 Å². The standard InChI is InChI=1S/C22H19FN4O/c1-15-11-20(18-3-2-4-19(23)22(18)25-15)26-9-10-27(21(28)14-26)13-17-7-5-16(12-24)6-8-17/h2-8,11H,9-10,13-14H2,1H3. The molecule has 1 aliphatic heterocycles. The number of fused-ring (bicyclic) bond motifs is 1. The van der Waals surface area contributed by atoms with E-state index in [2.05, 4.69) is 11.1 Å². The van der Waals surface area contributed by atoms with Crippen LogP contribution in [0.25, 0.3) is 10.9 Å². The minimum Gasteiger partial charge on any atom is -0.360 e. The van der Waals surface area contributed by atoms with Crippen LogP contribution in [0.4, 0.5) is 10.1 Å². The third-order valence-electron chi connectivity index (χ3n) is 5.01. The van der Waals surface area contributed by atoms with Gasteiger partial charge in [0.25, 0.3) is 0 Å². The highest BCUT2D eigenvalue weighted by Crippen LogP contribution is 2.29. The van der Waals surface area contributed by atoms with E-state index in [4.69, 9.17) is 5.26 Å². The second kappa shape index (κ2) is 7.28. The summed E-state index contributed by atoms with van der Waals surface area (Å²) in [5.74, 6) is -0.331. The first-order valence-corrected chi connectivity index (χ1v) is 9.13. The average molecular weight is 374 g/mol. The first-order chi connectivity index (χ1) is 13.5. The summed E-state index contributed by atoms with van der Waals surface area (Å²) in [6, 6.07) is 16.2. The minimum absolute atomic E-state index is 0.0228. The van der Waals surface area contributed by atoms with Gasteiger partial charge in [0, 0.05) is 36.4 Å². The SMILES string of the molecule is Cc1cc(N2CCN(Cc3ccc(C#N)cc3)C(=O)C2)c2cccc(F)c2n1. The molecule has 140 valence electrons. The number of carbonyl (C=O) groups excluding carboxylic acids is 1. The molecule has 0 aliphatic carbocycles. The number of para-hydroxylation sites is 1. The number of hydrogen-bond donors (Lipinski definition) is 0. The highest BCUT2D eigenvalue weighted by Gasteiger charge is 2.25. The second-order valence-corrected chi connectivity index (χ2v) is 6.96. The van der Waals surface area contributed by atoms with Gasteiger partial charge in [0.05, 0.1) is 18.2 Å². The normalized spacial score (nSPS) is 14.4. The van der Waals surface area contributed by atoms with Gasteiger partial charge >= 0.3 is 0 Å². The lowest BCUT2D eigenvalue weighted by Gasteiger charge is -2.36. The van der Waals surface area contributed by atoms with Crippen molar-refractivity contribution in [2.45, 2.75) is 13.5 Å². The molecule has 0 saturated carbocycles. The summed E-state index contributed by atoms with van der Waals surface area (Å²) >= 11 is 0. The van der Waals surface area contributed by atoms with Crippen LogP contribution in [-0.4, -0.2) is 35.4 Å². The number of carbonyl (C=O) groups is 1. The molecular weight excluding hydrogens is 355 g/mol. The first-order valence-electron chi connectivity index (χ1n) is 9.13. The smallest absolute Gasteiger partial charge is 0.242 e. The summed E-state index contributed by atoms with van der Waals surface area (Å²) in [6.07, 6.45) is 0. The Morgan fingerprint density at radius 2 is 1.96 bits per heavy atom. The van der Waals surface area contributed by atoms with Crippen LogP contribution in [0.15, 0.2) is 48.5 Å². The number of rotatable bonds is 3. The van der Waals surface area contributed by atoms with Gasteiger partial charge in [-0.2, -0.15) is 5.26 Å². The Balaban J connectivity index is 1.54. The molecule has 0 unspecified atom stereocenters. The molecule has 6 heteroatoms. The number of piperazine rings is 1. The number of benzene rings is 2. The summed E-state index contributed by atoms with van der Waals surface area (Å²) < 4.78 is 14.2. The fourth-order valence-corrected chi connectivity index (χ4v) is 3.57. The molecule has 2 heterocycles. The van der Waals surface area contributed by atoms with Gasteiger partial charge in [-0.05, 0) is 36.8 Å². The van der Waals surface area contributed by atoms with Gasteiger partial charge in [-0.3, -0.25) is 4.79 Å². The van der Waals surface area contributed by atoms with Crippen LogP contribution >= 0.6 is 0 Å². The molecule has 28 heavy (non-hydrogen) atoms. The van der Waals surface area contributed by atoms with Gasteiger partial charge in [0.1, 0.15) is 11.3 Å². The van der Waals surface area contributed by atoms with Gasteiger partial charge in [0.2, 0.25) is 5.91 Å². The Morgan fingerprint density at radius 1 is 1.18 bits per heavy atom. The summed E-state index contributed by atoms with van der Waals surface area (Å²) in [5.41, 5.74) is 3.50. The molecular formula is C22H19FN4O. The number of hydrogen-bond acceptors (Lipinski definition) is 4. The molecule has 1 amide bonds. The van der Waals surface area contributed by atoms with Gasteiger partial charge in [-0.1, -0.05) is 24.3 Å². The third-order valence-corrected chi connectivity index (χ3v) is 5.01. The highest BCUT2D eigenvalue weighted by molar-refractivity contribution is 5.94. The van der Waals surface area contributed by atoms with Crippen molar-refractivity contribution >= 4 is 22.5 Å². The summed E-state index contributed by atoms with van der Waals surface area (Å²) in [4.78, 5) is 20.9. The van der Waals surface area contributed by atoms with Gasteiger partial charge in [0.15, 0.2) is 0 Å². The maximum absolute atomic E-state index is 14.2. The zero-order valence-corrected chi connectivity index (χ0v) is 15.5. The lowest BCUT2D eigenvalue weighted by Crippen LogP contribution is -2.50. The molecule has 1 aromatic heterocycles. The van der Waals surface area contributed by atoms with E-state index in [-0.39, 0.29) is 18.3 Å². The zero-order chi connectivity index (χ0) is 19.7. The van der Waals surface area contributed by atoms with Crippen molar-refractivity contribution < 1.29 is 9.18 Å². The van der Waals surface area contributed by atoms with Crippen molar-refractivity contribution in [2.24, 2.45) is 0 Å². The molecule has 0 bridgehead atoms.